The minimum atomic E-state index is -0.196. The number of imide groups is 1. The maximum absolute atomic E-state index is 12.3. The van der Waals surface area contributed by atoms with E-state index in [0.29, 0.717) is 12.3 Å². The zero-order chi connectivity index (χ0) is 14.7. The number of nitrogens with one attached hydrogen (secondary N) is 1. The van der Waals surface area contributed by atoms with Crippen LogP contribution in [0.4, 0.5) is 0 Å². The molecular weight excluding hydrogens is 250 g/mol. The number of benzene rings is 1. The first-order valence-electron chi connectivity index (χ1n) is 7.47. The van der Waals surface area contributed by atoms with Gasteiger partial charge in [0.05, 0.1) is 5.92 Å². The molecule has 1 aliphatic rings. The van der Waals surface area contributed by atoms with E-state index in [2.05, 4.69) is 19.2 Å². The van der Waals surface area contributed by atoms with Gasteiger partial charge in [0.1, 0.15) is 0 Å². The number of rotatable bonds is 4. The standard InChI is InChI=1S/C17H23NO2/c1-4-12(5-2)14-10-15(19)18-17(20)16(14)13-8-6-11(3)7-9-13/h6-9,12,14,16H,4-5,10H2,1-3H3,(H,18,19,20). The van der Waals surface area contributed by atoms with Gasteiger partial charge in [-0.25, -0.2) is 0 Å². The molecule has 1 aromatic carbocycles. The Labute approximate surface area is 120 Å². The molecule has 2 atom stereocenters. The second-order valence-corrected chi connectivity index (χ2v) is 5.75. The molecule has 1 fully saturated rings. The van der Waals surface area contributed by atoms with E-state index < -0.39 is 0 Å². The highest BCUT2D eigenvalue weighted by atomic mass is 16.2. The Morgan fingerprint density at radius 3 is 2.30 bits per heavy atom. The predicted molar refractivity (Wildman–Crippen MR) is 79.2 cm³/mol. The Kier molecular flexibility index (Phi) is 4.58. The van der Waals surface area contributed by atoms with Crippen LogP contribution in [-0.2, 0) is 9.59 Å². The van der Waals surface area contributed by atoms with Crippen LogP contribution in [0.2, 0.25) is 0 Å². The molecule has 1 aliphatic heterocycles. The van der Waals surface area contributed by atoms with E-state index in [1.165, 1.54) is 5.56 Å². The molecule has 3 nitrogen and oxygen atoms in total. The molecule has 2 unspecified atom stereocenters. The summed E-state index contributed by atoms with van der Waals surface area (Å²) in [7, 11) is 0. The van der Waals surface area contributed by atoms with E-state index in [1.54, 1.807) is 0 Å². The smallest absolute Gasteiger partial charge is 0.234 e. The van der Waals surface area contributed by atoms with Crippen LogP contribution in [0.3, 0.4) is 0 Å². The first-order valence-corrected chi connectivity index (χ1v) is 7.47. The van der Waals surface area contributed by atoms with Crippen LogP contribution in [0.5, 0.6) is 0 Å². The lowest BCUT2D eigenvalue weighted by molar-refractivity contribution is -0.137. The van der Waals surface area contributed by atoms with Gasteiger partial charge in [0.15, 0.2) is 0 Å². The van der Waals surface area contributed by atoms with Crippen molar-refractivity contribution in [3.63, 3.8) is 0 Å². The Morgan fingerprint density at radius 2 is 1.75 bits per heavy atom. The monoisotopic (exact) mass is 273 g/mol. The molecule has 3 heteroatoms. The maximum atomic E-state index is 12.3. The first kappa shape index (κ1) is 14.8. The molecule has 0 radical (unpaired) electrons. The van der Waals surface area contributed by atoms with E-state index >= 15 is 0 Å². The Balaban J connectivity index is 2.36. The topological polar surface area (TPSA) is 46.2 Å². The van der Waals surface area contributed by atoms with E-state index in [1.807, 2.05) is 31.2 Å². The lowest BCUT2D eigenvalue weighted by Gasteiger charge is -2.35. The van der Waals surface area contributed by atoms with Crippen LogP contribution in [0.15, 0.2) is 24.3 Å². The summed E-state index contributed by atoms with van der Waals surface area (Å²) in [6, 6.07) is 8.10. The number of aryl methyl sites for hydroxylation is 1. The second kappa shape index (κ2) is 6.21. The Hall–Kier alpha value is -1.64. The van der Waals surface area contributed by atoms with Gasteiger partial charge in [-0.05, 0) is 24.3 Å². The minimum Gasteiger partial charge on any atom is -0.296 e. The summed E-state index contributed by atoms with van der Waals surface area (Å²) in [4.78, 5) is 24.0. The number of hydrogen-bond acceptors (Lipinski definition) is 2. The quantitative estimate of drug-likeness (QED) is 0.856. The largest absolute Gasteiger partial charge is 0.296 e. The molecule has 2 rings (SSSR count). The zero-order valence-electron chi connectivity index (χ0n) is 12.5. The van der Waals surface area contributed by atoms with Crippen LogP contribution < -0.4 is 5.32 Å². The van der Waals surface area contributed by atoms with Crippen molar-refractivity contribution in [1.82, 2.24) is 5.32 Å². The molecule has 1 saturated heterocycles. The summed E-state index contributed by atoms with van der Waals surface area (Å²) in [5, 5.41) is 2.50. The third kappa shape index (κ3) is 2.92. The van der Waals surface area contributed by atoms with Gasteiger partial charge in [0.25, 0.3) is 0 Å². The fraction of sp³-hybridized carbons (Fsp3) is 0.529. The molecule has 0 saturated carbocycles. The van der Waals surface area contributed by atoms with Gasteiger partial charge in [0, 0.05) is 6.42 Å². The zero-order valence-corrected chi connectivity index (χ0v) is 12.5. The summed E-state index contributed by atoms with van der Waals surface area (Å²) < 4.78 is 0. The van der Waals surface area contributed by atoms with Crippen molar-refractivity contribution in [2.75, 3.05) is 0 Å². The summed E-state index contributed by atoms with van der Waals surface area (Å²) >= 11 is 0. The number of piperidine rings is 1. The first-order chi connectivity index (χ1) is 9.56. The summed E-state index contributed by atoms with van der Waals surface area (Å²) in [5.41, 5.74) is 2.21. The molecule has 0 aliphatic carbocycles. The van der Waals surface area contributed by atoms with Gasteiger partial charge in [-0.1, -0.05) is 56.5 Å². The molecule has 1 N–H and O–H groups in total. The second-order valence-electron chi connectivity index (χ2n) is 5.75. The highest BCUT2D eigenvalue weighted by molar-refractivity contribution is 6.01. The van der Waals surface area contributed by atoms with Crippen molar-refractivity contribution in [3.8, 4) is 0 Å². The third-order valence-electron chi connectivity index (χ3n) is 4.49. The Bertz CT molecular complexity index is 488. The van der Waals surface area contributed by atoms with Gasteiger partial charge < -0.3 is 0 Å². The van der Waals surface area contributed by atoms with E-state index in [4.69, 9.17) is 0 Å². The molecule has 2 amide bonds. The lowest BCUT2D eigenvalue weighted by atomic mass is 9.71. The predicted octanol–water partition coefficient (Wildman–Crippen LogP) is 3.18. The highest BCUT2D eigenvalue weighted by Gasteiger charge is 2.39. The van der Waals surface area contributed by atoms with Crippen LogP contribution in [-0.4, -0.2) is 11.8 Å². The maximum Gasteiger partial charge on any atom is 0.234 e. The third-order valence-corrected chi connectivity index (χ3v) is 4.49. The fourth-order valence-corrected chi connectivity index (χ4v) is 3.30. The molecule has 20 heavy (non-hydrogen) atoms. The summed E-state index contributed by atoms with van der Waals surface area (Å²) in [6.07, 6.45) is 2.46. The van der Waals surface area contributed by atoms with Gasteiger partial charge in [0.2, 0.25) is 11.8 Å². The highest BCUT2D eigenvalue weighted by Crippen LogP contribution is 2.38. The number of hydrogen-bond donors (Lipinski definition) is 1. The molecule has 1 heterocycles. The van der Waals surface area contributed by atoms with Crippen LogP contribution in [0, 0.1) is 18.8 Å². The molecule has 0 bridgehead atoms. The normalized spacial score (nSPS) is 23.0. The van der Waals surface area contributed by atoms with Gasteiger partial charge in [-0.2, -0.15) is 0 Å². The molecule has 1 aromatic rings. The van der Waals surface area contributed by atoms with Crippen LogP contribution in [0.25, 0.3) is 0 Å². The van der Waals surface area contributed by atoms with E-state index in [0.717, 1.165) is 18.4 Å². The van der Waals surface area contributed by atoms with E-state index in [-0.39, 0.29) is 23.7 Å². The van der Waals surface area contributed by atoms with E-state index in [9.17, 15) is 9.59 Å². The molecular formula is C17H23NO2. The van der Waals surface area contributed by atoms with Crippen molar-refractivity contribution >= 4 is 11.8 Å². The fourth-order valence-electron chi connectivity index (χ4n) is 3.30. The van der Waals surface area contributed by atoms with Crippen molar-refractivity contribution in [2.45, 2.75) is 46.0 Å². The van der Waals surface area contributed by atoms with Gasteiger partial charge in [-0.3, -0.25) is 14.9 Å². The lowest BCUT2D eigenvalue weighted by Crippen LogP contribution is -2.46. The molecule has 0 aromatic heterocycles. The average molecular weight is 273 g/mol. The van der Waals surface area contributed by atoms with Crippen molar-refractivity contribution in [3.05, 3.63) is 35.4 Å². The molecule has 0 spiro atoms. The Morgan fingerprint density at radius 1 is 1.15 bits per heavy atom. The van der Waals surface area contributed by atoms with Crippen molar-refractivity contribution in [2.24, 2.45) is 11.8 Å². The minimum absolute atomic E-state index is 0.119. The van der Waals surface area contributed by atoms with Crippen molar-refractivity contribution in [1.29, 1.82) is 0 Å². The average Bonchev–Trinajstić information content (AvgIpc) is 2.41. The van der Waals surface area contributed by atoms with Gasteiger partial charge >= 0.3 is 0 Å². The SMILES string of the molecule is CCC(CC)C1CC(=O)NC(=O)C1c1ccc(C)cc1. The number of carbonyl (C=O) groups excluding carboxylic acids is 2. The summed E-state index contributed by atoms with van der Waals surface area (Å²) in [5.74, 6) is 0.0701. The number of carbonyl (C=O) groups is 2. The summed E-state index contributed by atoms with van der Waals surface area (Å²) in [6.45, 7) is 6.31. The molecule has 108 valence electrons. The van der Waals surface area contributed by atoms with Crippen LogP contribution in [0.1, 0.15) is 50.2 Å². The van der Waals surface area contributed by atoms with Crippen molar-refractivity contribution < 1.29 is 9.59 Å². The van der Waals surface area contributed by atoms with Crippen LogP contribution >= 0.6 is 0 Å². The number of amides is 2. The van der Waals surface area contributed by atoms with Gasteiger partial charge in [-0.15, -0.1) is 0 Å².